The van der Waals surface area contributed by atoms with E-state index in [9.17, 15) is 18.0 Å². The fourth-order valence-corrected chi connectivity index (χ4v) is 1.96. The van der Waals surface area contributed by atoms with Crippen molar-refractivity contribution in [3.63, 3.8) is 0 Å². The van der Waals surface area contributed by atoms with Gasteiger partial charge < -0.3 is 9.47 Å². The predicted octanol–water partition coefficient (Wildman–Crippen LogP) is 4.09. The van der Waals surface area contributed by atoms with Crippen LogP contribution in [0.2, 0.25) is 5.02 Å². The van der Waals surface area contributed by atoms with Crippen molar-refractivity contribution in [2.24, 2.45) is 0 Å². The van der Waals surface area contributed by atoms with Gasteiger partial charge in [-0.15, -0.1) is 13.2 Å². The SMILES string of the molecule is COC(=O)c1ncc(-c2cccc(OC(F)(F)F)c2)cc1Cl. The van der Waals surface area contributed by atoms with Crippen LogP contribution < -0.4 is 4.74 Å². The van der Waals surface area contributed by atoms with Gasteiger partial charge in [0.2, 0.25) is 0 Å². The number of carbonyl (C=O) groups is 1. The van der Waals surface area contributed by atoms with Crippen molar-refractivity contribution in [3.05, 3.63) is 47.2 Å². The Kier molecular flexibility index (Phi) is 4.56. The van der Waals surface area contributed by atoms with E-state index in [1.54, 1.807) is 6.07 Å². The van der Waals surface area contributed by atoms with Crippen LogP contribution in [-0.2, 0) is 4.74 Å². The number of esters is 1. The van der Waals surface area contributed by atoms with Crippen molar-refractivity contribution in [3.8, 4) is 16.9 Å². The molecule has 0 N–H and O–H groups in total. The van der Waals surface area contributed by atoms with E-state index in [1.165, 1.54) is 37.6 Å². The molecule has 2 rings (SSSR count). The van der Waals surface area contributed by atoms with Gasteiger partial charge in [0, 0.05) is 11.8 Å². The number of rotatable bonds is 3. The van der Waals surface area contributed by atoms with E-state index in [2.05, 4.69) is 14.5 Å². The van der Waals surface area contributed by atoms with Crippen molar-refractivity contribution < 1.29 is 27.4 Å². The zero-order valence-electron chi connectivity index (χ0n) is 11.1. The number of ether oxygens (including phenoxy) is 2. The number of hydrogen-bond acceptors (Lipinski definition) is 4. The topological polar surface area (TPSA) is 48.4 Å². The Morgan fingerprint density at radius 1 is 1.23 bits per heavy atom. The molecule has 0 bridgehead atoms. The average molecular weight is 332 g/mol. The van der Waals surface area contributed by atoms with E-state index in [4.69, 9.17) is 11.6 Å². The molecule has 0 atom stereocenters. The Labute approximate surface area is 128 Å². The minimum atomic E-state index is -4.77. The molecule has 1 aromatic heterocycles. The van der Waals surface area contributed by atoms with Crippen LogP contribution in [0.1, 0.15) is 10.5 Å². The Morgan fingerprint density at radius 3 is 2.55 bits per heavy atom. The highest BCUT2D eigenvalue weighted by molar-refractivity contribution is 6.33. The number of pyridine rings is 1. The number of alkyl halides is 3. The number of benzene rings is 1. The molecular weight excluding hydrogens is 323 g/mol. The highest BCUT2D eigenvalue weighted by atomic mass is 35.5. The van der Waals surface area contributed by atoms with Crippen LogP contribution in [0.4, 0.5) is 13.2 Å². The van der Waals surface area contributed by atoms with Gasteiger partial charge in [-0.05, 0) is 23.8 Å². The molecule has 0 amide bonds. The highest BCUT2D eigenvalue weighted by Crippen LogP contribution is 2.29. The summed E-state index contributed by atoms with van der Waals surface area (Å²) in [7, 11) is 1.19. The van der Waals surface area contributed by atoms with Crippen LogP contribution in [0, 0.1) is 0 Å². The van der Waals surface area contributed by atoms with Crippen LogP contribution in [0.5, 0.6) is 5.75 Å². The lowest BCUT2D eigenvalue weighted by Gasteiger charge is -2.10. The molecule has 8 heteroatoms. The number of halogens is 4. The first-order chi connectivity index (χ1) is 10.3. The summed E-state index contributed by atoms with van der Waals surface area (Å²) in [6.45, 7) is 0. The lowest BCUT2D eigenvalue weighted by atomic mass is 10.1. The number of carbonyl (C=O) groups excluding carboxylic acids is 1. The first kappa shape index (κ1) is 16.1. The molecule has 2 aromatic rings. The Balaban J connectivity index is 2.34. The van der Waals surface area contributed by atoms with Crippen LogP contribution in [0.3, 0.4) is 0 Å². The zero-order chi connectivity index (χ0) is 16.3. The van der Waals surface area contributed by atoms with Crippen LogP contribution in [0.25, 0.3) is 11.1 Å². The average Bonchev–Trinajstić information content (AvgIpc) is 2.45. The van der Waals surface area contributed by atoms with Gasteiger partial charge in [-0.3, -0.25) is 0 Å². The van der Waals surface area contributed by atoms with Crippen LogP contribution in [-0.4, -0.2) is 24.4 Å². The van der Waals surface area contributed by atoms with Gasteiger partial charge in [-0.25, -0.2) is 9.78 Å². The van der Waals surface area contributed by atoms with Gasteiger partial charge in [0.05, 0.1) is 12.1 Å². The van der Waals surface area contributed by atoms with E-state index >= 15 is 0 Å². The number of nitrogens with zero attached hydrogens (tertiary/aromatic N) is 1. The van der Waals surface area contributed by atoms with E-state index in [0.717, 1.165) is 0 Å². The van der Waals surface area contributed by atoms with Crippen molar-refractivity contribution >= 4 is 17.6 Å². The standard InChI is InChI=1S/C14H9ClF3NO3/c1-21-13(20)12-11(15)6-9(7-19-12)8-3-2-4-10(5-8)22-14(16,17)18/h2-7H,1H3. The lowest BCUT2D eigenvalue weighted by Crippen LogP contribution is -2.17. The molecule has 0 fully saturated rings. The molecule has 0 aliphatic heterocycles. The van der Waals surface area contributed by atoms with E-state index in [1.807, 2.05) is 0 Å². The molecule has 0 radical (unpaired) electrons. The van der Waals surface area contributed by atoms with Crippen molar-refractivity contribution in [2.75, 3.05) is 7.11 Å². The molecule has 0 aliphatic rings. The summed E-state index contributed by atoms with van der Waals surface area (Å²) >= 11 is 5.92. The minimum absolute atomic E-state index is 0.0338. The molecule has 116 valence electrons. The first-order valence-corrected chi connectivity index (χ1v) is 6.28. The molecule has 0 unspecified atom stereocenters. The van der Waals surface area contributed by atoms with Crippen LogP contribution in [0.15, 0.2) is 36.5 Å². The predicted molar refractivity (Wildman–Crippen MR) is 72.7 cm³/mol. The summed E-state index contributed by atoms with van der Waals surface area (Å²) < 4.78 is 45.0. The molecule has 1 aromatic carbocycles. The van der Waals surface area contributed by atoms with Gasteiger partial charge in [0.25, 0.3) is 0 Å². The quantitative estimate of drug-likeness (QED) is 0.795. The highest BCUT2D eigenvalue weighted by Gasteiger charge is 2.31. The van der Waals surface area contributed by atoms with Crippen molar-refractivity contribution in [1.82, 2.24) is 4.98 Å². The lowest BCUT2D eigenvalue weighted by molar-refractivity contribution is -0.274. The second-order valence-electron chi connectivity index (χ2n) is 4.12. The second kappa shape index (κ2) is 6.23. The maximum absolute atomic E-state index is 12.2. The maximum atomic E-state index is 12.2. The smallest absolute Gasteiger partial charge is 0.464 e. The summed E-state index contributed by atoms with van der Waals surface area (Å²) in [4.78, 5) is 15.2. The number of hydrogen-bond donors (Lipinski definition) is 0. The third-order valence-electron chi connectivity index (χ3n) is 2.62. The third kappa shape index (κ3) is 3.88. The minimum Gasteiger partial charge on any atom is -0.464 e. The monoisotopic (exact) mass is 331 g/mol. The van der Waals surface area contributed by atoms with Gasteiger partial charge in [0.1, 0.15) is 5.75 Å². The summed E-state index contributed by atoms with van der Waals surface area (Å²) in [5.41, 5.74) is 0.772. The normalized spacial score (nSPS) is 11.1. The molecular formula is C14H9ClF3NO3. The molecule has 22 heavy (non-hydrogen) atoms. The molecule has 0 aliphatic carbocycles. The van der Waals surface area contributed by atoms with Crippen molar-refractivity contribution in [1.29, 1.82) is 0 Å². The second-order valence-corrected chi connectivity index (χ2v) is 4.53. The summed E-state index contributed by atoms with van der Waals surface area (Å²) in [5, 5.41) is 0.0338. The zero-order valence-corrected chi connectivity index (χ0v) is 11.9. The molecule has 4 nitrogen and oxygen atoms in total. The largest absolute Gasteiger partial charge is 0.573 e. The maximum Gasteiger partial charge on any atom is 0.573 e. The third-order valence-corrected chi connectivity index (χ3v) is 2.91. The van der Waals surface area contributed by atoms with E-state index in [-0.39, 0.29) is 16.5 Å². The van der Waals surface area contributed by atoms with E-state index < -0.39 is 12.3 Å². The summed E-state index contributed by atoms with van der Waals surface area (Å²) in [5.74, 6) is -1.07. The van der Waals surface area contributed by atoms with Gasteiger partial charge in [-0.1, -0.05) is 23.7 Å². The Bertz CT molecular complexity index is 704. The number of methoxy groups -OCH3 is 1. The first-order valence-electron chi connectivity index (χ1n) is 5.90. The Morgan fingerprint density at radius 2 is 1.95 bits per heavy atom. The molecule has 1 heterocycles. The summed E-state index contributed by atoms with van der Waals surface area (Å²) in [6.07, 6.45) is -3.46. The van der Waals surface area contributed by atoms with Gasteiger partial charge in [-0.2, -0.15) is 0 Å². The molecule has 0 saturated carbocycles. The fraction of sp³-hybridized carbons (Fsp3) is 0.143. The van der Waals surface area contributed by atoms with Crippen LogP contribution >= 0.6 is 11.6 Å². The number of aromatic nitrogens is 1. The van der Waals surface area contributed by atoms with E-state index in [0.29, 0.717) is 11.1 Å². The van der Waals surface area contributed by atoms with Gasteiger partial charge >= 0.3 is 12.3 Å². The van der Waals surface area contributed by atoms with Crippen molar-refractivity contribution in [2.45, 2.75) is 6.36 Å². The van der Waals surface area contributed by atoms with Gasteiger partial charge in [0.15, 0.2) is 5.69 Å². The fourth-order valence-electron chi connectivity index (χ4n) is 1.72. The summed E-state index contributed by atoms with van der Waals surface area (Å²) in [6, 6.07) is 6.74. The Hall–Kier alpha value is -2.28. The molecule has 0 spiro atoms. The molecule has 0 saturated heterocycles.